The Morgan fingerprint density at radius 2 is 2.50 bits per heavy atom. The molecular formula is C13H18N4O. The summed E-state index contributed by atoms with van der Waals surface area (Å²) < 4.78 is 7.67. The van der Waals surface area contributed by atoms with Gasteiger partial charge in [0.15, 0.2) is 5.65 Å². The first-order valence-corrected chi connectivity index (χ1v) is 6.49. The van der Waals surface area contributed by atoms with E-state index >= 15 is 0 Å². The molecule has 2 aromatic rings. The Kier molecular flexibility index (Phi) is 3.25. The van der Waals surface area contributed by atoms with Gasteiger partial charge >= 0.3 is 0 Å². The summed E-state index contributed by atoms with van der Waals surface area (Å²) in [5.74, 6) is 1.09. The number of nitrogens with one attached hydrogen (secondary N) is 1. The van der Waals surface area contributed by atoms with E-state index in [9.17, 15) is 0 Å². The van der Waals surface area contributed by atoms with Crippen LogP contribution >= 0.6 is 0 Å². The fourth-order valence-electron chi connectivity index (χ4n) is 2.46. The summed E-state index contributed by atoms with van der Waals surface area (Å²) in [7, 11) is 0. The van der Waals surface area contributed by atoms with Crippen molar-refractivity contribution in [2.75, 3.05) is 19.8 Å². The molecule has 0 saturated carbocycles. The Morgan fingerprint density at radius 3 is 3.28 bits per heavy atom. The molecule has 1 saturated heterocycles. The standard InChI is InChI=1S/C13H18N4O/c1-2-17-12(8-10-9-18-7-6-14-10)16-11-4-3-5-15-13(11)17/h3-5,10,14H,2,6-9H2,1H3. The summed E-state index contributed by atoms with van der Waals surface area (Å²) in [4.78, 5) is 9.10. The highest BCUT2D eigenvalue weighted by Crippen LogP contribution is 2.15. The van der Waals surface area contributed by atoms with Gasteiger partial charge in [-0.3, -0.25) is 0 Å². The van der Waals surface area contributed by atoms with Gasteiger partial charge < -0.3 is 14.6 Å². The highest BCUT2D eigenvalue weighted by molar-refractivity contribution is 5.71. The number of pyridine rings is 1. The maximum Gasteiger partial charge on any atom is 0.159 e. The van der Waals surface area contributed by atoms with E-state index in [-0.39, 0.29) is 0 Å². The summed E-state index contributed by atoms with van der Waals surface area (Å²) in [5, 5.41) is 3.46. The zero-order valence-corrected chi connectivity index (χ0v) is 10.6. The van der Waals surface area contributed by atoms with Crippen LogP contribution < -0.4 is 5.32 Å². The molecule has 1 aliphatic heterocycles. The second-order valence-corrected chi connectivity index (χ2v) is 4.55. The second-order valence-electron chi connectivity index (χ2n) is 4.55. The van der Waals surface area contributed by atoms with Crippen molar-refractivity contribution in [1.29, 1.82) is 0 Å². The van der Waals surface area contributed by atoms with Gasteiger partial charge in [-0.25, -0.2) is 9.97 Å². The first-order chi connectivity index (χ1) is 8.88. The summed E-state index contributed by atoms with van der Waals surface area (Å²) in [5.41, 5.74) is 1.96. The molecule has 2 aromatic heterocycles. The van der Waals surface area contributed by atoms with Crippen molar-refractivity contribution < 1.29 is 4.74 Å². The lowest BCUT2D eigenvalue weighted by Gasteiger charge is -2.23. The summed E-state index contributed by atoms with van der Waals surface area (Å²) in [6.07, 6.45) is 2.71. The number of aryl methyl sites for hydroxylation is 1. The van der Waals surface area contributed by atoms with Crippen molar-refractivity contribution >= 4 is 11.2 Å². The normalized spacial score (nSPS) is 20.4. The summed E-state index contributed by atoms with van der Waals surface area (Å²) in [6, 6.07) is 4.31. The molecule has 0 radical (unpaired) electrons. The summed E-state index contributed by atoms with van der Waals surface area (Å²) >= 11 is 0. The smallest absolute Gasteiger partial charge is 0.159 e. The van der Waals surface area contributed by atoms with E-state index in [4.69, 9.17) is 4.74 Å². The Balaban J connectivity index is 1.90. The van der Waals surface area contributed by atoms with E-state index in [1.54, 1.807) is 0 Å². The van der Waals surface area contributed by atoms with Crippen molar-refractivity contribution in [2.24, 2.45) is 0 Å². The van der Waals surface area contributed by atoms with Gasteiger partial charge in [0.2, 0.25) is 0 Å². The van der Waals surface area contributed by atoms with Gasteiger partial charge in [0.1, 0.15) is 11.3 Å². The summed E-state index contributed by atoms with van der Waals surface area (Å²) in [6.45, 7) is 5.53. The Labute approximate surface area is 106 Å². The third kappa shape index (κ3) is 2.11. The van der Waals surface area contributed by atoms with Gasteiger partial charge in [0.25, 0.3) is 0 Å². The zero-order valence-electron chi connectivity index (χ0n) is 10.6. The lowest BCUT2D eigenvalue weighted by Crippen LogP contribution is -2.43. The first kappa shape index (κ1) is 11.6. The number of rotatable bonds is 3. The number of nitrogens with zero attached hydrogens (tertiary/aromatic N) is 3. The van der Waals surface area contributed by atoms with Crippen molar-refractivity contribution in [2.45, 2.75) is 25.9 Å². The minimum Gasteiger partial charge on any atom is -0.379 e. The zero-order chi connectivity index (χ0) is 12.4. The van der Waals surface area contributed by atoms with Gasteiger partial charge in [-0.1, -0.05) is 0 Å². The molecule has 1 fully saturated rings. The number of aromatic nitrogens is 3. The predicted octanol–water partition coefficient (Wildman–Crippen LogP) is 0.982. The Bertz CT molecular complexity index is 531. The number of ether oxygens (including phenoxy) is 1. The molecule has 18 heavy (non-hydrogen) atoms. The maximum atomic E-state index is 5.49. The van der Waals surface area contributed by atoms with Crippen LogP contribution in [-0.2, 0) is 17.7 Å². The number of hydrogen-bond acceptors (Lipinski definition) is 4. The van der Waals surface area contributed by atoms with E-state index in [1.165, 1.54) is 0 Å². The van der Waals surface area contributed by atoms with Crippen LogP contribution in [0.15, 0.2) is 18.3 Å². The van der Waals surface area contributed by atoms with Crippen LogP contribution in [0, 0.1) is 0 Å². The topological polar surface area (TPSA) is 52.0 Å². The van der Waals surface area contributed by atoms with E-state index in [0.29, 0.717) is 6.04 Å². The van der Waals surface area contributed by atoms with Crippen LogP contribution in [0.4, 0.5) is 0 Å². The van der Waals surface area contributed by atoms with Crippen LogP contribution in [0.5, 0.6) is 0 Å². The molecule has 0 spiro atoms. The van der Waals surface area contributed by atoms with Gasteiger partial charge in [-0.05, 0) is 19.1 Å². The second kappa shape index (κ2) is 5.04. The van der Waals surface area contributed by atoms with Gasteiger partial charge in [0, 0.05) is 31.7 Å². The molecule has 1 N–H and O–H groups in total. The van der Waals surface area contributed by atoms with Crippen LogP contribution in [-0.4, -0.2) is 40.3 Å². The minimum atomic E-state index is 0.362. The fourth-order valence-corrected chi connectivity index (χ4v) is 2.46. The van der Waals surface area contributed by atoms with Gasteiger partial charge in [-0.2, -0.15) is 0 Å². The van der Waals surface area contributed by atoms with Gasteiger partial charge in [0.05, 0.1) is 13.2 Å². The van der Waals surface area contributed by atoms with E-state index in [1.807, 2.05) is 18.3 Å². The first-order valence-electron chi connectivity index (χ1n) is 6.49. The molecule has 0 amide bonds. The molecule has 3 heterocycles. The van der Waals surface area contributed by atoms with Crippen molar-refractivity contribution in [3.63, 3.8) is 0 Å². The average Bonchev–Trinajstić information content (AvgIpc) is 2.77. The van der Waals surface area contributed by atoms with E-state index in [0.717, 1.165) is 49.7 Å². The Morgan fingerprint density at radius 1 is 1.56 bits per heavy atom. The lowest BCUT2D eigenvalue weighted by atomic mass is 10.2. The molecular weight excluding hydrogens is 228 g/mol. The molecule has 96 valence electrons. The molecule has 0 bridgehead atoms. The average molecular weight is 246 g/mol. The third-order valence-electron chi connectivity index (χ3n) is 3.33. The maximum absolute atomic E-state index is 5.49. The number of hydrogen-bond donors (Lipinski definition) is 1. The largest absolute Gasteiger partial charge is 0.379 e. The van der Waals surface area contributed by atoms with Crippen LogP contribution in [0.1, 0.15) is 12.7 Å². The van der Waals surface area contributed by atoms with Gasteiger partial charge in [-0.15, -0.1) is 0 Å². The highest BCUT2D eigenvalue weighted by Gasteiger charge is 2.18. The third-order valence-corrected chi connectivity index (χ3v) is 3.33. The SMILES string of the molecule is CCn1c(CC2COCCN2)nc2cccnc21. The minimum absolute atomic E-state index is 0.362. The molecule has 0 aromatic carbocycles. The number of fused-ring (bicyclic) bond motifs is 1. The molecule has 1 unspecified atom stereocenters. The van der Waals surface area contributed by atoms with E-state index in [2.05, 4.69) is 26.8 Å². The van der Waals surface area contributed by atoms with Crippen molar-refractivity contribution in [3.05, 3.63) is 24.2 Å². The van der Waals surface area contributed by atoms with Crippen LogP contribution in [0.3, 0.4) is 0 Å². The Hall–Kier alpha value is -1.46. The predicted molar refractivity (Wildman–Crippen MR) is 69.5 cm³/mol. The quantitative estimate of drug-likeness (QED) is 0.877. The number of imidazole rings is 1. The van der Waals surface area contributed by atoms with E-state index < -0.39 is 0 Å². The highest BCUT2D eigenvalue weighted by atomic mass is 16.5. The molecule has 5 nitrogen and oxygen atoms in total. The lowest BCUT2D eigenvalue weighted by molar-refractivity contribution is 0.0762. The molecule has 0 aliphatic carbocycles. The van der Waals surface area contributed by atoms with Crippen molar-refractivity contribution in [1.82, 2.24) is 19.9 Å². The molecule has 3 rings (SSSR count). The molecule has 1 atom stereocenters. The fraction of sp³-hybridized carbons (Fsp3) is 0.538. The van der Waals surface area contributed by atoms with Crippen LogP contribution in [0.2, 0.25) is 0 Å². The molecule has 1 aliphatic rings. The molecule has 5 heteroatoms. The van der Waals surface area contributed by atoms with Crippen LogP contribution in [0.25, 0.3) is 11.2 Å². The monoisotopic (exact) mass is 246 g/mol. The number of morpholine rings is 1. The van der Waals surface area contributed by atoms with Crippen molar-refractivity contribution in [3.8, 4) is 0 Å².